The highest BCUT2D eigenvalue weighted by Crippen LogP contribution is 2.35. The van der Waals surface area contributed by atoms with E-state index in [1.807, 2.05) is 0 Å². The predicted octanol–water partition coefficient (Wildman–Crippen LogP) is 0.923. The molecule has 2 rings (SSSR count). The van der Waals surface area contributed by atoms with Crippen LogP contribution in [0.2, 0.25) is 0 Å². The van der Waals surface area contributed by atoms with Crippen LogP contribution in [0.15, 0.2) is 6.20 Å². The van der Waals surface area contributed by atoms with Crippen molar-refractivity contribution in [2.24, 2.45) is 0 Å². The highest BCUT2D eigenvalue weighted by molar-refractivity contribution is 5.22. The minimum Gasteiger partial charge on any atom is -0.363 e. The number of halogens is 3. The van der Waals surface area contributed by atoms with E-state index in [1.165, 1.54) is 0 Å². The van der Waals surface area contributed by atoms with Crippen LogP contribution in [0, 0.1) is 0 Å². The Kier molecular flexibility index (Phi) is 2.00. The van der Waals surface area contributed by atoms with E-state index >= 15 is 0 Å². The Labute approximate surface area is 76.9 Å². The summed E-state index contributed by atoms with van der Waals surface area (Å²) in [5, 5.41) is 12.7. The second-order valence-electron chi connectivity index (χ2n) is 2.89. The number of nitrogens with zero attached hydrogens (tertiary/aromatic N) is 2. The predicted molar refractivity (Wildman–Crippen MR) is 38.1 cm³/mol. The normalized spacial score (nSPS) is 22.1. The molecule has 1 aromatic rings. The van der Waals surface area contributed by atoms with Gasteiger partial charge in [0.15, 0.2) is 6.29 Å². The molecule has 4 nitrogen and oxygen atoms in total. The molecule has 0 spiro atoms. The third kappa shape index (κ3) is 1.38. The zero-order valence-corrected chi connectivity index (χ0v) is 6.95. The highest BCUT2D eigenvalue weighted by Gasteiger charge is 2.39. The fraction of sp³-hybridized carbons (Fsp3) is 0.571. The first-order chi connectivity index (χ1) is 6.50. The van der Waals surface area contributed by atoms with Gasteiger partial charge in [-0.15, -0.1) is 0 Å². The quantitative estimate of drug-likeness (QED) is 0.689. The van der Waals surface area contributed by atoms with Crippen molar-refractivity contribution in [3.05, 3.63) is 17.5 Å². The van der Waals surface area contributed by atoms with Crippen LogP contribution in [0.5, 0.6) is 0 Å². The largest absolute Gasteiger partial charge is 0.419 e. The molecule has 0 fully saturated rings. The number of aliphatic hydroxyl groups is 1. The second kappa shape index (κ2) is 2.96. The molecule has 0 aliphatic carbocycles. The molecule has 7 heteroatoms. The van der Waals surface area contributed by atoms with Crippen LogP contribution in [-0.2, 0) is 17.5 Å². The van der Waals surface area contributed by atoms with Gasteiger partial charge in [0.05, 0.1) is 19.3 Å². The topological polar surface area (TPSA) is 47.3 Å². The van der Waals surface area contributed by atoms with Crippen molar-refractivity contribution in [3.8, 4) is 0 Å². The molecular formula is C7H7F3N2O2. The summed E-state index contributed by atoms with van der Waals surface area (Å²) in [7, 11) is 0. The fourth-order valence-electron chi connectivity index (χ4n) is 1.38. The van der Waals surface area contributed by atoms with Gasteiger partial charge in [0.2, 0.25) is 0 Å². The Morgan fingerprint density at radius 3 is 2.93 bits per heavy atom. The lowest BCUT2D eigenvalue weighted by Gasteiger charge is -2.21. The SMILES string of the molecule is OC1OCCn2ncc(C(F)(F)F)c21. The smallest absolute Gasteiger partial charge is 0.363 e. The van der Waals surface area contributed by atoms with E-state index in [0.29, 0.717) is 6.20 Å². The van der Waals surface area contributed by atoms with E-state index < -0.39 is 18.0 Å². The van der Waals surface area contributed by atoms with Crippen LogP contribution in [0.3, 0.4) is 0 Å². The number of alkyl halides is 3. The molecular weight excluding hydrogens is 201 g/mol. The van der Waals surface area contributed by atoms with E-state index in [4.69, 9.17) is 4.74 Å². The summed E-state index contributed by atoms with van der Waals surface area (Å²) in [5.41, 5.74) is -1.26. The molecule has 1 aromatic heterocycles. The van der Waals surface area contributed by atoms with Crippen molar-refractivity contribution in [1.82, 2.24) is 9.78 Å². The molecule has 1 atom stereocenters. The Bertz CT molecular complexity index is 347. The molecule has 0 bridgehead atoms. The zero-order chi connectivity index (χ0) is 10.3. The Morgan fingerprint density at radius 1 is 1.57 bits per heavy atom. The standard InChI is InChI=1S/C7H7F3N2O2/c8-7(9,10)4-3-11-12-1-2-14-6(13)5(4)12/h3,6,13H,1-2H2. The summed E-state index contributed by atoms with van der Waals surface area (Å²) >= 11 is 0. The maximum Gasteiger partial charge on any atom is 0.419 e. The average molecular weight is 208 g/mol. The number of fused-ring (bicyclic) bond motifs is 1. The molecule has 0 saturated heterocycles. The monoisotopic (exact) mass is 208 g/mol. The van der Waals surface area contributed by atoms with Crippen molar-refractivity contribution in [2.45, 2.75) is 19.0 Å². The van der Waals surface area contributed by atoms with Crippen molar-refractivity contribution < 1.29 is 23.0 Å². The van der Waals surface area contributed by atoms with E-state index in [1.54, 1.807) is 0 Å². The van der Waals surface area contributed by atoms with Gasteiger partial charge in [0.25, 0.3) is 0 Å². The molecule has 1 aliphatic heterocycles. The molecule has 78 valence electrons. The van der Waals surface area contributed by atoms with Crippen LogP contribution in [0.4, 0.5) is 13.2 Å². The molecule has 1 N–H and O–H groups in total. The van der Waals surface area contributed by atoms with Gasteiger partial charge in [0, 0.05) is 0 Å². The number of hydrogen-bond donors (Lipinski definition) is 1. The second-order valence-corrected chi connectivity index (χ2v) is 2.89. The maximum absolute atomic E-state index is 12.4. The summed E-state index contributed by atoms with van der Waals surface area (Å²) < 4.78 is 42.9. The van der Waals surface area contributed by atoms with Crippen molar-refractivity contribution in [1.29, 1.82) is 0 Å². The van der Waals surface area contributed by atoms with Gasteiger partial charge < -0.3 is 9.84 Å². The highest BCUT2D eigenvalue weighted by atomic mass is 19.4. The molecule has 1 aliphatic rings. The van der Waals surface area contributed by atoms with Gasteiger partial charge in [-0.1, -0.05) is 0 Å². The van der Waals surface area contributed by atoms with E-state index in [2.05, 4.69) is 5.10 Å². The maximum atomic E-state index is 12.4. The molecule has 0 saturated carbocycles. The van der Waals surface area contributed by atoms with Gasteiger partial charge in [0.1, 0.15) is 11.3 Å². The molecule has 0 amide bonds. The minimum atomic E-state index is -4.50. The minimum absolute atomic E-state index is 0.160. The lowest BCUT2D eigenvalue weighted by Crippen LogP contribution is -2.24. The Hall–Kier alpha value is -1.08. The van der Waals surface area contributed by atoms with E-state index in [9.17, 15) is 18.3 Å². The average Bonchev–Trinajstić information content (AvgIpc) is 2.47. The van der Waals surface area contributed by atoms with Gasteiger partial charge in [-0.05, 0) is 0 Å². The van der Waals surface area contributed by atoms with Gasteiger partial charge in [-0.25, -0.2) is 0 Å². The van der Waals surface area contributed by atoms with Crippen molar-refractivity contribution in [2.75, 3.05) is 6.61 Å². The summed E-state index contributed by atoms with van der Waals surface area (Å²) in [6, 6.07) is 0. The third-order valence-corrected chi connectivity index (χ3v) is 2.00. The zero-order valence-electron chi connectivity index (χ0n) is 6.95. The fourth-order valence-corrected chi connectivity index (χ4v) is 1.38. The van der Waals surface area contributed by atoms with E-state index in [0.717, 1.165) is 4.68 Å². The molecule has 0 radical (unpaired) electrons. The molecule has 2 heterocycles. The van der Waals surface area contributed by atoms with Gasteiger partial charge >= 0.3 is 6.18 Å². The molecule has 14 heavy (non-hydrogen) atoms. The number of aromatic nitrogens is 2. The summed E-state index contributed by atoms with van der Waals surface area (Å²) in [5.74, 6) is 0. The number of rotatable bonds is 0. The number of hydrogen-bond acceptors (Lipinski definition) is 3. The lowest BCUT2D eigenvalue weighted by atomic mass is 10.2. The summed E-state index contributed by atoms with van der Waals surface area (Å²) in [4.78, 5) is 0. The van der Waals surface area contributed by atoms with Crippen LogP contribution in [0.25, 0.3) is 0 Å². The van der Waals surface area contributed by atoms with Gasteiger partial charge in [-0.2, -0.15) is 18.3 Å². The van der Waals surface area contributed by atoms with Crippen LogP contribution in [0.1, 0.15) is 17.5 Å². The van der Waals surface area contributed by atoms with Crippen molar-refractivity contribution >= 4 is 0 Å². The first kappa shape index (κ1) is 9.47. The van der Waals surface area contributed by atoms with Crippen molar-refractivity contribution in [3.63, 3.8) is 0 Å². The van der Waals surface area contributed by atoms with E-state index in [-0.39, 0.29) is 18.8 Å². The molecule has 1 unspecified atom stereocenters. The first-order valence-corrected chi connectivity index (χ1v) is 3.92. The summed E-state index contributed by atoms with van der Waals surface area (Å²) in [6.45, 7) is 0.385. The van der Waals surface area contributed by atoms with Gasteiger partial charge in [-0.3, -0.25) is 4.68 Å². The van der Waals surface area contributed by atoms with Crippen LogP contribution < -0.4 is 0 Å². The van der Waals surface area contributed by atoms with Crippen LogP contribution in [-0.4, -0.2) is 21.5 Å². The first-order valence-electron chi connectivity index (χ1n) is 3.92. The summed E-state index contributed by atoms with van der Waals surface area (Å²) in [6.07, 6.45) is -5.34. The molecule has 0 aromatic carbocycles. The number of aliphatic hydroxyl groups excluding tert-OH is 1. The number of ether oxygens (including phenoxy) is 1. The Morgan fingerprint density at radius 2 is 2.29 bits per heavy atom. The third-order valence-electron chi connectivity index (χ3n) is 2.00. The Balaban J connectivity index is 2.49. The van der Waals surface area contributed by atoms with Crippen LogP contribution >= 0.6 is 0 Å². The lowest BCUT2D eigenvalue weighted by molar-refractivity contribution is -0.154.